The molecule has 1 radical (unpaired) electrons. The monoisotopic (exact) mass is 333 g/mol. The average molecular weight is 333 g/mol. The summed E-state index contributed by atoms with van der Waals surface area (Å²) in [6.07, 6.45) is 3.26. The Morgan fingerprint density at radius 1 is 1.08 bits per heavy atom. The molecule has 1 aromatic heterocycles. The van der Waals surface area contributed by atoms with Gasteiger partial charge in [-0.3, -0.25) is 9.78 Å². The van der Waals surface area contributed by atoms with Gasteiger partial charge in [0.2, 0.25) is 6.29 Å². The van der Waals surface area contributed by atoms with E-state index >= 15 is 0 Å². The molecular formula is C20H17N2O3. The van der Waals surface area contributed by atoms with Crippen molar-refractivity contribution in [2.24, 2.45) is 0 Å². The highest BCUT2D eigenvalue weighted by molar-refractivity contribution is 5.83. The minimum atomic E-state index is -0.783. The van der Waals surface area contributed by atoms with Gasteiger partial charge >= 0.3 is 6.09 Å². The Kier molecular flexibility index (Phi) is 5.36. The Hall–Kier alpha value is -3.21. The summed E-state index contributed by atoms with van der Waals surface area (Å²) < 4.78 is 5.14. The van der Waals surface area contributed by atoms with Crippen LogP contribution in [0.5, 0.6) is 0 Å². The van der Waals surface area contributed by atoms with Crippen LogP contribution in [-0.4, -0.2) is 23.4 Å². The van der Waals surface area contributed by atoms with Gasteiger partial charge in [0.1, 0.15) is 12.6 Å². The first-order valence-corrected chi connectivity index (χ1v) is 7.94. The van der Waals surface area contributed by atoms with Crippen LogP contribution in [0, 0.1) is 0 Å². The number of nitrogens with zero attached hydrogens (tertiary/aromatic N) is 1. The normalized spacial score (nSPS) is 11.7. The van der Waals surface area contributed by atoms with Gasteiger partial charge in [-0.05, 0) is 23.3 Å². The molecule has 3 aromatic rings. The lowest BCUT2D eigenvalue weighted by atomic mass is 10.0. The lowest BCUT2D eigenvalue weighted by molar-refractivity contribution is 0.138. The van der Waals surface area contributed by atoms with Crippen molar-refractivity contribution in [2.45, 2.75) is 19.1 Å². The van der Waals surface area contributed by atoms with E-state index in [-0.39, 0.29) is 6.61 Å². The molecule has 1 unspecified atom stereocenters. The maximum atomic E-state index is 11.9. The van der Waals surface area contributed by atoms with Gasteiger partial charge < -0.3 is 10.1 Å². The van der Waals surface area contributed by atoms with Crippen molar-refractivity contribution in [1.29, 1.82) is 0 Å². The van der Waals surface area contributed by atoms with Gasteiger partial charge in [0.05, 0.1) is 5.52 Å². The number of pyridine rings is 1. The number of aromatic nitrogens is 1. The van der Waals surface area contributed by atoms with E-state index in [2.05, 4.69) is 10.3 Å². The van der Waals surface area contributed by atoms with Crippen LogP contribution in [0.2, 0.25) is 0 Å². The zero-order valence-electron chi connectivity index (χ0n) is 13.5. The second-order valence-electron chi connectivity index (χ2n) is 5.57. The summed E-state index contributed by atoms with van der Waals surface area (Å²) in [6.45, 7) is 0.149. The first-order valence-electron chi connectivity index (χ1n) is 7.94. The molecule has 1 heterocycles. The number of hydrogen-bond acceptors (Lipinski definition) is 4. The fourth-order valence-corrected chi connectivity index (χ4v) is 2.59. The van der Waals surface area contributed by atoms with Crippen molar-refractivity contribution in [1.82, 2.24) is 10.3 Å². The molecule has 0 aliphatic carbocycles. The lowest BCUT2D eigenvalue weighted by Gasteiger charge is -2.14. The van der Waals surface area contributed by atoms with E-state index in [9.17, 15) is 9.59 Å². The molecule has 1 amide bonds. The predicted octanol–water partition coefficient (Wildman–Crippen LogP) is 3.18. The molecule has 0 fully saturated rings. The Morgan fingerprint density at radius 2 is 1.92 bits per heavy atom. The molecule has 0 bridgehead atoms. The highest BCUT2D eigenvalue weighted by Crippen LogP contribution is 2.17. The summed E-state index contributed by atoms with van der Waals surface area (Å²) >= 11 is 0. The number of nitrogens with one attached hydrogen (secondary N) is 1. The van der Waals surface area contributed by atoms with Crippen molar-refractivity contribution in [2.75, 3.05) is 0 Å². The number of carbonyl (C=O) groups is 1. The standard InChI is InChI=1S/C20H17N2O3/c23-13-17(22-20(24)25-14-15-6-2-1-3-7-15)12-16-8-4-10-19-18(16)9-5-11-21-19/h1-11,17H,12,14H2,(H,22,24). The van der Waals surface area contributed by atoms with Crippen LogP contribution >= 0.6 is 0 Å². The first-order chi connectivity index (χ1) is 12.3. The highest BCUT2D eigenvalue weighted by Gasteiger charge is 2.15. The van der Waals surface area contributed by atoms with Crippen LogP contribution in [0.1, 0.15) is 11.1 Å². The molecule has 125 valence electrons. The van der Waals surface area contributed by atoms with Crippen molar-refractivity contribution in [3.8, 4) is 0 Å². The third-order valence-corrected chi connectivity index (χ3v) is 3.81. The van der Waals surface area contributed by atoms with Gasteiger partial charge in [-0.1, -0.05) is 48.5 Å². The molecule has 0 aliphatic heterocycles. The largest absolute Gasteiger partial charge is 0.445 e. The zero-order chi connectivity index (χ0) is 17.5. The van der Waals surface area contributed by atoms with Gasteiger partial charge in [0.25, 0.3) is 0 Å². The predicted molar refractivity (Wildman–Crippen MR) is 94.7 cm³/mol. The van der Waals surface area contributed by atoms with Gasteiger partial charge in [-0.2, -0.15) is 0 Å². The summed E-state index contributed by atoms with van der Waals surface area (Å²) in [5, 5.41) is 3.49. The van der Waals surface area contributed by atoms with E-state index in [0.717, 1.165) is 22.0 Å². The van der Waals surface area contributed by atoms with E-state index in [4.69, 9.17) is 4.74 Å². The number of benzene rings is 2. The Morgan fingerprint density at radius 3 is 2.72 bits per heavy atom. The molecule has 5 nitrogen and oxygen atoms in total. The quantitative estimate of drug-likeness (QED) is 0.752. The summed E-state index contributed by atoms with van der Waals surface area (Å²) in [6, 6.07) is 18.0. The van der Waals surface area contributed by atoms with Crippen molar-refractivity contribution in [3.63, 3.8) is 0 Å². The van der Waals surface area contributed by atoms with Crippen molar-refractivity contribution >= 4 is 23.3 Å². The van der Waals surface area contributed by atoms with E-state index in [0.29, 0.717) is 6.42 Å². The second kappa shape index (κ2) is 8.06. The first kappa shape index (κ1) is 16.6. The third kappa shape index (κ3) is 4.41. The van der Waals surface area contributed by atoms with E-state index < -0.39 is 12.1 Å². The maximum absolute atomic E-state index is 11.9. The number of alkyl carbamates (subject to hydrolysis) is 1. The second-order valence-corrected chi connectivity index (χ2v) is 5.57. The fraction of sp³-hybridized carbons (Fsp3) is 0.150. The molecule has 0 spiro atoms. The lowest BCUT2D eigenvalue weighted by Crippen LogP contribution is -2.37. The molecule has 5 heteroatoms. The van der Waals surface area contributed by atoms with E-state index in [1.54, 1.807) is 6.20 Å². The Balaban J connectivity index is 1.62. The summed E-state index contributed by atoms with van der Waals surface area (Å²) in [7, 11) is 0. The molecule has 3 rings (SSSR count). The smallest absolute Gasteiger partial charge is 0.408 e. The third-order valence-electron chi connectivity index (χ3n) is 3.81. The van der Waals surface area contributed by atoms with Crippen LogP contribution < -0.4 is 5.32 Å². The van der Waals surface area contributed by atoms with Crippen LogP contribution in [0.3, 0.4) is 0 Å². The number of carbonyl (C=O) groups excluding carboxylic acids is 2. The minimum Gasteiger partial charge on any atom is -0.445 e. The number of hydrogen-bond donors (Lipinski definition) is 1. The van der Waals surface area contributed by atoms with Crippen molar-refractivity contribution in [3.05, 3.63) is 78.0 Å². The van der Waals surface area contributed by atoms with Gasteiger partial charge in [-0.15, -0.1) is 0 Å². The average Bonchev–Trinajstić information content (AvgIpc) is 2.67. The fourth-order valence-electron chi connectivity index (χ4n) is 2.59. The molecular weight excluding hydrogens is 316 g/mol. The molecule has 1 atom stereocenters. The summed E-state index contributed by atoms with van der Waals surface area (Å²) in [5.74, 6) is 0. The van der Waals surface area contributed by atoms with E-state index in [1.165, 1.54) is 0 Å². The summed E-state index contributed by atoms with van der Waals surface area (Å²) in [5.41, 5.74) is 2.64. The van der Waals surface area contributed by atoms with Crippen molar-refractivity contribution < 1.29 is 14.3 Å². The number of amides is 1. The Bertz CT molecular complexity index is 860. The topological polar surface area (TPSA) is 68.3 Å². The minimum absolute atomic E-state index is 0.149. The van der Waals surface area contributed by atoms with Gasteiger partial charge in [-0.25, -0.2) is 4.79 Å². The van der Waals surface area contributed by atoms with Crippen LogP contribution in [-0.2, 0) is 22.6 Å². The summed E-state index contributed by atoms with van der Waals surface area (Å²) in [4.78, 5) is 27.4. The van der Waals surface area contributed by atoms with Crippen LogP contribution in [0.25, 0.3) is 10.9 Å². The molecule has 0 saturated carbocycles. The van der Waals surface area contributed by atoms with E-state index in [1.807, 2.05) is 66.9 Å². The Labute approximate surface area is 145 Å². The van der Waals surface area contributed by atoms with Gasteiger partial charge in [0.15, 0.2) is 0 Å². The molecule has 25 heavy (non-hydrogen) atoms. The number of fused-ring (bicyclic) bond motifs is 1. The molecule has 2 aromatic carbocycles. The number of ether oxygens (including phenoxy) is 1. The maximum Gasteiger partial charge on any atom is 0.408 e. The van der Waals surface area contributed by atoms with Crippen LogP contribution in [0.15, 0.2) is 66.9 Å². The molecule has 0 aliphatic rings. The number of rotatable bonds is 6. The SMILES string of the molecule is O=[C]C(Cc1cccc2ncccc12)NC(=O)OCc1ccccc1. The van der Waals surface area contributed by atoms with Gasteiger partial charge in [0, 0.05) is 18.0 Å². The highest BCUT2D eigenvalue weighted by atomic mass is 16.5. The molecule has 0 saturated heterocycles. The zero-order valence-corrected chi connectivity index (χ0v) is 13.5. The molecule has 1 N–H and O–H groups in total. The van der Waals surface area contributed by atoms with Crippen LogP contribution in [0.4, 0.5) is 4.79 Å².